The second kappa shape index (κ2) is 9.31. The van der Waals surface area contributed by atoms with Crippen LogP contribution in [0.5, 0.6) is 5.75 Å². The van der Waals surface area contributed by atoms with Crippen LogP contribution < -0.4 is 15.4 Å². The summed E-state index contributed by atoms with van der Waals surface area (Å²) in [6, 6.07) is 14.4. The summed E-state index contributed by atoms with van der Waals surface area (Å²) < 4.78 is 11.1. The molecule has 2 N–H and O–H groups in total. The Hall–Kier alpha value is -3.54. The van der Waals surface area contributed by atoms with Crippen LogP contribution in [0.4, 0.5) is 5.69 Å². The third-order valence-electron chi connectivity index (χ3n) is 4.87. The fraction of sp³-hybridized carbons (Fsp3) is 0.250. The van der Waals surface area contributed by atoms with E-state index in [-0.39, 0.29) is 18.4 Å². The average molecular weight is 406 g/mol. The molecular weight excluding hydrogens is 380 g/mol. The monoisotopic (exact) mass is 406 g/mol. The molecule has 2 aromatic carbocycles. The van der Waals surface area contributed by atoms with Gasteiger partial charge in [0.25, 0.3) is 11.8 Å². The minimum absolute atomic E-state index is 0.264. The second-order valence-electron chi connectivity index (χ2n) is 7.26. The van der Waals surface area contributed by atoms with Gasteiger partial charge in [-0.1, -0.05) is 18.2 Å². The lowest BCUT2D eigenvalue weighted by atomic mass is 10.1. The van der Waals surface area contributed by atoms with Crippen molar-refractivity contribution in [3.8, 4) is 5.75 Å². The SMILES string of the molecule is Cc1cc(C)c(C)c(O[C@H](C)C(=O)Nc2ccccc2C(=O)NCc2ccco2)c1. The molecule has 156 valence electrons. The molecule has 0 saturated carbocycles. The van der Waals surface area contributed by atoms with Gasteiger partial charge in [-0.15, -0.1) is 0 Å². The molecule has 3 aromatic rings. The Bertz CT molecular complexity index is 1040. The van der Waals surface area contributed by atoms with Crippen LogP contribution in [0, 0.1) is 20.8 Å². The van der Waals surface area contributed by atoms with E-state index in [2.05, 4.69) is 16.7 Å². The minimum Gasteiger partial charge on any atom is -0.481 e. The molecule has 0 unspecified atom stereocenters. The highest BCUT2D eigenvalue weighted by Crippen LogP contribution is 2.25. The predicted molar refractivity (Wildman–Crippen MR) is 116 cm³/mol. The first-order valence-electron chi connectivity index (χ1n) is 9.80. The first-order chi connectivity index (χ1) is 14.3. The molecule has 2 amide bonds. The molecule has 0 aliphatic carbocycles. The van der Waals surface area contributed by atoms with Gasteiger partial charge in [0.1, 0.15) is 11.5 Å². The summed E-state index contributed by atoms with van der Waals surface area (Å²) in [6.07, 6.45) is 0.818. The van der Waals surface area contributed by atoms with Crippen LogP contribution >= 0.6 is 0 Å². The Labute approximate surface area is 176 Å². The quantitative estimate of drug-likeness (QED) is 0.604. The summed E-state index contributed by atoms with van der Waals surface area (Å²) in [5.41, 5.74) is 3.97. The lowest BCUT2D eigenvalue weighted by Gasteiger charge is -2.19. The van der Waals surface area contributed by atoms with Crippen LogP contribution in [-0.4, -0.2) is 17.9 Å². The highest BCUT2D eigenvalue weighted by Gasteiger charge is 2.19. The summed E-state index contributed by atoms with van der Waals surface area (Å²) in [5, 5.41) is 5.59. The van der Waals surface area contributed by atoms with Crippen molar-refractivity contribution in [3.05, 3.63) is 82.8 Å². The van der Waals surface area contributed by atoms with Crippen LogP contribution in [0.15, 0.2) is 59.2 Å². The number of furan rings is 1. The number of para-hydroxylation sites is 1. The number of rotatable bonds is 7. The van der Waals surface area contributed by atoms with Gasteiger partial charge in [0.05, 0.1) is 24.1 Å². The molecule has 0 spiro atoms. The molecule has 6 heteroatoms. The summed E-state index contributed by atoms with van der Waals surface area (Å²) in [7, 11) is 0. The average Bonchev–Trinajstić information content (AvgIpc) is 3.24. The number of carbonyl (C=O) groups is 2. The molecule has 1 heterocycles. The third-order valence-corrected chi connectivity index (χ3v) is 4.87. The van der Waals surface area contributed by atoms with Gasteiger partial charge in [-0.05, 0) is 74.7 Å². The van der Waals surface area contributed by atoms with Gasteiger partial charge in [0.15, 0.2) is 6.10 Å². The van der Waals surface area contributed by atoms with Gasteiger partial charge in [-0.3, -0.25) is 9.59 Å². The zero-order valence-electron chi connectivity index (χ0n) is 17.6. The van der Waals surface area contributed by atoms with Crippen LogP contribution in [0.25, 0.3) is 0 Å². The van der Waals surface area contributed by atoms with E-state index in [1.807, 2.05) is 26.8 Å². The van der Waals surface area contributed by atoms with E-state index in [0.717, 1.165) is 16.7 Å². The summed E-state index contributed by atoms with van der Waals surface area (Å²) in [4.78, 5) is 25.3. The van der Waals surface area contributed by atoms with Crippen LogP contribution in [0.3, 0.4) is 0 Å². The minimum atomic E-state index is -0.732. The van der Waals surface area contributed by atoms with Gasteiger partial charge in [0.2, 0.25) is 0 Å². The van der Waals surface area contributed by atoms with Crippen molar-refractivity contribution in [1.29, 1.82) is 0 Å². The molecule has 6 nitrogen and oxygen atoms in total. The van der Waals surface area contributed by atoms with Crippen molar-refractivity contribution in [1.82, 2.24) is 5.32 Å². The topological polar surface area (TPSA) is 80.6 Å². The predicted octanol–water partition coefficient (Wildman–Crippen LogP) is 4.54. The molecule has 0 radical (unpaired) electrons. The molecule has 0 bridgehead atoms. The second-order valence-corrected chi connectivity index (χ2v) is 7.26. The number of nitrogens with one attached hydrogen (secondary N) is 2. The maximum absolute atomic E-state index is 12.7. The number of benzene rings is 2. The number of carbonyl (C=O) groups excluding carboxylic acids is 2. The number of amides is 2. The molecular formula is C24H26N2O4. The van der Waals surface area contributed by atoms with Gasteiger partial charge < -0.3 is 19.8 Å². The van der Waals surface area contributed by atoms with Gasteiger partial charge in [-0.2, -0.15) is 0 Å². The van der Waals surface area contributed by atoms with Crippen molar-refractivity contribution in [2.75, 3.05) is 5.32 Å². The fourth-order valence-electron chi connectivity index (χ4n) is 3.07. The summed E-state index contributed by atoms with van der Waals surface area (Å²) in [5.74, 6) is 0.691. The molecule has 0 saturated heterocycles. The maximum Gasteiger partial charge on any atom is 0.265 e. The lowest BCUT2D eigenvalue weighted by molar-refractivity contribution is -0.122. The number of hydrogen-bond acceptors (Lipinski definition) is 4. The molecule has 3 rings (SSSR count). The zero-order chi connectivity index (χ0) is 21.7. The van der Waals surface area contributed by atoms with Crippen molar-refractivity contribution in [3.63, 3.8) is 0 Å². The molecule has 30 heavy (non-hydrogen) atoms. The fourth-order valence-corrected chi connectivity index (χ4v) is 3.07. The van der Waals surface area contributed by atoms with Gasteiger partial charge in [0, 0.05) is 0 Å². The summed E-state index contributed by atoms with van der Waals surface area (Å²) >= 11 is 0. The Morgan fingerprint density at radius 2 is 1.83 bits per heavy atom. The highest BCUT2D eigenvalue weighted by molar-refractivity contribution is 6.04. The molecule has 0 aliphatic heterocycles. The van der Waals surface area contributed by atoms with E-state index in [1.165, 1.54) is 0 Å². The van der Waals surface area contributed by atoms with Crippen molar-refractivity contribution in [2.45, 2.75) is 40.3 Å². The van der Waals surface area contributed by atoms with E-state index in [4.69, 9.17) is 9.15 Å². The zero-order valence-corrected chi connectivity index (χ0v) is 17.6. The van der Waals surface area contributed by atoms with Crippen LogP contribution in [0.2, 0.25) is 0 Å². The highest BCUT2D eigenvalue weighted by atomic mass is 16.5. The number of aryl methyl sites for hydroxylation is 2. The number of anilines is 1. The van der Waals surface area contributed by atoms with E-state index in [1.54, 1.807) is 49.6 Å². The first kappa shape index (κ1) is 21.2. The van der Waals surface area contributed by atoms with E-state index < -0.39 is 6.10 Å². The molecule has 0 aliphatic rings. The Morgan fingerprint density at radius 1 is 1.07 bits per heavy atom. The molecule has 1 atom stereocenters. The van der Waals surface area contributed by atoms with Crippen molar-refractivity contribution in [2.24, 2.45) is 0 Å². The van der Waals surface area contributed by atoms with E-state index in [0.29, 0.717) is 22.8 Å². The standard InChI is InChI=1S/C24H26N2O4/c1-15-12-16(2)17(3)22(13-15)30-18(4)23(27)26-21-10-6-5-9-20(21)24(28)25-14-19-8-7-11-29-19/h5-13,18H,14H2,1-4H3,(H,25,28)(H,26,27)/t18-/m1/s1. The first-order valence-corrected chi connectivity index (χ1v) is 9.80. The lowest BCUT2D eigenvalue weighted by Crippen LogP contribution is -2.32. The van der Waals surface area contributed by atoms with Gasteiger partial charge in [-0.25, -0.2) is 0 Å². The van der Waals surface area contributed by atoms with Crippen molar-refractivity contribution >= 4 is 17.5 Å². The maximum atomic E-state index is 12.7. The molecule has 1 aromatic heterocycles. The van der Waals surface area contributed by atoms with Gasteiger partial charge >= 0.3 is 0 Å². The Balaban J connectivity index is 1.68. The number of ether oxygens (including phenoxy) is 1. The smallest absolute Gasteiger partial charge is 0.265 e. The number of hydrogen-bond donors (Lipinski definition) is 2. The van der Waals surface area contributed by atoms with E-state index in [9.17, 15) is 9.59 Å². The Morgan fingerprint density at radius 3 is 2.57 bits per heavy atom. The Kier molecular flexibility index (Phi) is 6.57. The normalized spacial score (nSPS) is 11.6. The van der Waals surface area contributed by atoms with Crippen LogP contribution in [0.1, 0.15) is 39.7 Å². The van der Waals surface area contributed by atoms with Crippen LogP contribution in [-0.2, 0) is 11.3 Å². The van der Waals surface area contributed by atoms with E-state index >= 15 is 0 Å². The largest absolute Gasteiger partial charge is 0.481 e. The third kappa shape index (κ3) is 5.08. The van der Waals surface area contributed by atoms with Crippen molar-refractivity contribution < 1.29 is 18.7 Å². The summed E-state index contributed by atoms with van der Waals surface area (Å²) in [6.45, 7) is 7.91. The molecule has 0 fully saturated rings.